The number of amides is 2. The molecule has 0 spiro atoms. The van der Waals surface area contributed by atoms with Crippen LogP contribution in [0.4, 0.5) is 9.18 Å². The predicted molar refractivity (Wildman–Crippen MR) is 127 cm³/mol. The smallest absolute Gasteiger partial charge is 0.409 e. The largest absolute Gasteiger partial charge is 0.496 e. The van der Waals surface area contributed by atoms with Gasteiger partial charge in [0.15, 0.2) is 0 Å². The highest BCUT2D eigenvalue weighted by molar-refractivity contribution is 6.00. The third-order valence-corrected chi connectivity index (χ3v) is 5.93. The van der Waals surface area contributed by atoms with Crippen LogP contribution in [0, 0.1) is 5.82 Å². The first-order chi connectivity index (χ1) is 16.4. The van der Waals surface area contributed by atoms with E-state index >= 15 is 0 Å². The number of hydrogen-bond donors (Lipinski definition) is 0. The van der Waals surface area contributed by atoms with Crippen molar-refractivity contribution in [3.05, 3.63) is 60.1 Å². The van der Waals surface area contributed by atoms with Gasteiger partial charge in [0.05, 0.1) is 20.0 Å². The molecule has 178 valence electrons. The van der Waals surface area contributed by atoms with E-state index in [1.54, 1.807) is 54.4 Å². The number of nitrogens with zero attached hydrogens (tertiary/aromatic N) is 2. The van der Waals surface area contributed by atoms with Gasteiger partial charge in [-0.05, 0) is 43.2 Å². The summed E-state index contributed by atoms with van der Waals surface area (Å²) in [5, 5.41) is 0.839. The molecule has 7 nitrogen and oxygen atoms in total. The second-order valence-corrected chi connectivity index (χ2v) is 8.04. The lowest BCUT2D eigenvalue weighted by atomic mass is 9.99. The molecule has 8 heteroatoms. The minimum atomic E-state index is -0.351. The van der Waals surface area contributed by atoms with Gasteiger partial charge in [-0.1, -0.05) is 12.1 Å². The molecule has 0 N–H and O–H groups in total. The van der Waals surface area contributed by atoms with Crippen molar-refractivity contribution in [3.63, 3.8) is 0 Å². The van der Waals surface area contributed by atoms with E-state index < -0.39 is 0 Å². The fourth-order valence-corrected chi connectivity index (χ4v) is 4.06. The van der Waals surface area contributed by atoms with Gasteiger partial charge in [-0.15, -0.1) is 0 Å². The zero-order valence-corrected chi connectivity index (χ0v) is 19.5. The second kappa shape index (κ2) is 9.99. The topological polar surface area (TPSA) is 72.2 Å². The highest BCUT2D eigenvalue weighted by Gasteiger charge is 2.24. The lowest BCUT2D eigenvalue weighted by Crippen LogP contribution is -2.50. The maximum Gasteiger partial charge on any atom is 0.409 e. The van der Waals surface area contributed by atoms with Crippen LogP contribution in [0.15, 0.2) is 53.2 Å². The van der Waals surface area contributed by atoms with E-state index in [0.717, 1.165) is 27.6 Å². The summed E-state index contributed by atoms with van der Waals surface area (Å²) in [7, 11) is 1.57. The second-order valence-electron chi connectivity index (χ2n) is 8.04. The average molecular weight is 467 g/mol. The van der Waals surface area contributed by atoms with E-state index in [1.807, 2.05) is 13.0 Å². The fraction of sp³-hybridized carbons (Fsp3) is 0.308. The Kier molecular flexibility index (Phi) is 6.86. The Bertz CT molecular complexity index is 1220. The van der Waals surface area contributed by atoms with Gasteiger partial charge < -0.3 is 23.7 Å². The van der Waals surface area contributed by atoms with Crippen molar-refractivity contribution in [2.45, 2.75) is 13.8 Å². The number of ether oxygens (including phenoxy) is 2. The summed E-state index contributed by atoms with van der Waals surface area (Å²) in [6, 6.07) is 9.93. The summed E-state index contributed by atoms with van der Waals surface area (Å²) in [5.41, 5.74) is 3.79. The Morgan fingerprint density at radius 2 is 1.76 bits per heavy atom. The normalized spacial score (nSPS) is 14.4. The number of fused-ring (bicyclic) bond motifs is 1. The molecule has 0 radical (unpaired) electrons. The molecule has 34 heavy (non-hydrogen) atoms. The van der Waals surface area contributed by atoms with E-state index in [2.05, 4.69) is 0 Å². The number of piperazine rings is 1. The van der Waals surface area contributed by atoms with E-state index in [9.17, 15) is 14.0 Å². The number of hydrogen-bond acceptors (Lipinski definition) is 5. The van der Waals surface area contributed by atoms with Gasteiger partial charge in [0, 0.05) is 54.8 Å². The van der Waals surface area contributed by atoms with Crippen molar-refractivity contribution < 1.29 is 27.9 Å². The quantitative estimate of drug-likeness (QED) is 0.498. The molecule has 0 unspecified atom stereocenters. The summed E-state index contributed by atoms with van der Waals surface area (Å²) in [5.74, 6) is 0.148. The van der Waals surface area contributed by atoms with E-state index in [4.69, 9.17) is 13.9 Å². The first kappa shape index (κ1) is 23.4. The van der Waals surface area contributed by atoms with Gasteiger partial charge in [0.2, 0.25) is 5.91 Å². The molecule has 1 aromatic heterocycles. The molecule has 4 rings (SSSR count). The highest BCUT2D eigenvalue weighted by Crippen LogP contribution is 2.37. The molecule has 1 aliphatic rings. The van der Waals surface area contributed by atoms with Crippen LogP contribution >= 0.6 is 0 Å². The number of rotatable bonds is 5. The first-order valence-corrected chi connectivity index (χ1v) is 11.2. The Hall–Kier alpha value is -3.81. The van der Waals surface area contributed by atoms with Gasteiger partial charge in [0.25, 0.3) is 0 Å². The number of carbonyl (C=O) groups excluding carboxylic acids is 2. The fourth-order valence-electron chi connectivity index (χ4n) is 4.06. The SMILES string of the molecule is CCOC(=O)N1CCN(C(=O)/C=C(\C)c2cc3c(-c4ccc(F)cc4)coc3cc2OC)CC1. The predicted octanol–water partition coefficient (Wildman–Crippen LogP) is 4.95. The standard InChI is InChI=1S/C26H27FN2O5/c1-4-33-26(31)29-11-9-28(10-12-29)25(30)13-17(2)20-14-21-22(18-5-7-19(27)8-6-18)16-34-24(21)15-23(20)32-3/h5-8,13-16H,4,9-12H2,1-3H3/b17-13+. The number of carbonyl (C=O) groups is 2. The molecule has 2 aromatic carbocycles. The Morgan fingerprint density at radius 1 is 1.09 bits per heavy atom. The minimum absolute atomic E-state index is 0.130. The molecule has 1 saturated heterocycles. The average Bonchev–Trinajstić information content (AvgIpc) is 3.26. The Labute approximate surface area is 197 Å². The van der Waals surface area contributed by atoms with Crippen molar-refractivity contribution in [3.8, 4) is 16.9 Å². The van der Waals surface area contributed by atoms with Crippen LogP contribution in [-0.2, 0) is 9.53 Å². The monoisotopic (exact) mass is 466 g/mol. The lowest BCUT2D eigenvalue weighted by molar-refractivity contribution is -0.127. The third-order valence-electron chi connectivity index (χ3n) is 5.93. The molecule has 0 atom stereocenters. The molecule has 0 aliphatic carbocycles. The molecule has 1 aliphatic heterocycles. The zero-order chi connectivity index (χ0) is 24.2. The molecule has 3 aromatic rings. The van der Waals surface area contributed by atoms with Crippen molar-refractivity contribution in [1.82, 2.24) is 9.80 Å². The summed E-state index contributed by atoms with van der Waals surface area (Å²) in [6.45, 7) is 5.69. The van der Waals surface area contributed by atoms with Gasteiger partial charge in [-0.25, -0.2) is 9.18 Å². The Balaban J connectivity index is 1.58. The van der Waals surface area contributed by atoms with Crippen LogP contribution in [0.1, 0.15) is 19.4 Å². The van der Waals surface area contributed by atoms with Crippen molar-refractivity contribution in [1.29, 1.82) is 0 Å². The number of benzene rings is 2. The minimum Gasteiger partial charge on any atom is -0.496 e. The zero-order valence-electron chi connectivity index (χ0n) is 19.5. The maximum absolute atomic E-state index is 13.4. The summed E-state index contributed by atoms with van der Waals surface area (Å²) >= 11 is 0. The van der Waals surface area contributed by atoms with Crippen molar-refractivity contribution in [2.24, 2.45) is 0 Å². The van der Waals surface area contributed by atoms with Gasteiger partial charge >= 0.3 is 6.09 Å². The third kappa shape index (κ3) is 4.76. The van der Waals surface area contributed by atoms with Crippen LogP contribution in [0.5, 0.6) is 5.75 Å². The van der Waals surface area contributed by atoms with Crippen LogP contribution < -0.4 is 4.74 Å². The maximum atomic E-state index is 13.4. The molecule has 0 bridgehead atoms. The summed E-state index contributed by atoms with van der Waals surface area (Å²) in [6.07, 6.45) is 2.87. The van der Waals surface area contributed by atoms with Gasteiger partial charge in [-0.3, -0.25) is 4.79 Å². The molecule has 2 amide bonds. The Morgan fingerprint density at radius 3 is 2.41 bits per heavy atom. The van der Waals surface area contributed by atoms with Crippen LogP contribution in [-0.4, -0.2) is 61.7 Å². The van der Waals surface area contributed by atoms with E-state index in [-0.39, 0.29) is 17.8 Å². The van der Waals surface area contributed by atoms with Gasteiger partial charge in [-0.2, -0.15) is 0 Å². The molecular weight excluding hydrogens is 439 g/mol. The number of furan rings is 1. The molecular formula is C26H27FN2O5. The molecule has 0 saturated carbocycles. The number of methoxy groups -OCH3 is 1. The summed E-state index contributed by atoms with van der Waals surface area (Å²) < 4.78 is 29.7. The van der Waals surface area contributed by atoms with Gasteiger partial charge in [0.1, 0.15) is 17.1 Å². The first-order valence-electron chi connectivity index (χ1n) is 11.2. The van der Waals surface area contributed by atoms with E-state index in [0.29, 0.717) is 44.1 Å². The van der Waals surface area contributed by atoms with E-state index in [1.165, 1.54) is 12.1 Å². The van der Waals surface area contributed by atoms with Crippen LogP contribution in [0.3, 0.4) is 0 Å². The molecule has 2 heterocycles. The number of allylic oxidation sites excluding steroid dienone is 1. The lowest BCUT2D eigenvalue weighted by Gasteiger charge is -2.33. The highest BCUT2D eigenvalue weighted by atomic mass is 19.1. The van der Waals surface area contributed by atoms with Crippen molar-refractivity contribution >= 4 is 28.5 Å². The van der Waals surface area contributed by atoms with Crippen LogP contribution in [0.2, 0.25) is 0 Å². The van der Waals surface area contributed by atoms with Crippen LogP contribution in [0.25, 0.3) is 27.7 Å². The molecule has 1 fully saturated rings. The number of halogens is 1. The summed E-state index contributed by atoms with van der Waals surface area (Å²) in [4.78, 5) is 28.1. The van der Waals surface area contributed by atoms with Crippen molar-refractivity contribution in [2.75, 3.05) is 39.9 Å².